The molecule has 1 aliphatic heterocycles. The number of aromatic nitrogens is 1. The SMILES string of the molecule is CC(CNc1cc(=O)n(C)c2ccccc12)N1CCCC1. The number of benzene rings is 1. The van der Waals surface area contributed by atoms with Crippen LogP contribution in [0.4, 0.5) is 5.69 Å². The molecule has 3 rings (SSSR count). The fraction of sp³-hybridized carbons (Fsp3) is 0.471. The topological polar surface area (TPSA) is 37.3 Å². The predicted molar refractivity (Wildman–Crippen MR) is 87.9 cm³/mol. The number of nitrogens with zero attached hydrogens (tertiary/aromatic N) is 2. The zero-order valence-corrected chi connectivity index (χ0v) is 12.8. The van der Waals surface area contributed by atoms with Crippen molar-refractivity contribution in [3.8, 4) is 0 Å². The summed E-state index contributed by atoms with van der Waals surface area (Å²) in [6, 6.07) is 10.2. The minimum atomic E-state index is 0.0324. The molecular formula is C17H23N3O. The monoisotopic (exact) mass is 285 g/mol. The lowest BCUT2D eigenvalue weighted by Crippen LogP contribution is -2.35. The van der Waals surface area contributed by atoms with E-state index in [0.717, 1.165) is 23.1 Å². The number of anilines is 1. The fourth-order valence-electron chi connectivity index (χ4n) is 3.13. The number of aryl methyl sites for hydroxylation is 1. The van der Waals surface area contributed by atoms with Crippen LogP contribution < -0.4 is 10.9 Å². The third kappa shape index (κ3) is 2.81. The van der Waals surface area contributed by atoms with Gasteiger partial charge in [-0.15, -0.1) is 0 Å². The summed E-state index contributed by atoms with van der Waals surface area (Å²) in [7, 11) is 1.82. The lowest BCUT2D eigenvalue weighted by atomic mass is 10.1. The zero-order valence-electron chi connectivity index (χ0n) is 12.8. The molecule has 1 N–H and O–H groups in total. The summed E-state index contributed by atoms with van der Waals surface area (Å²) in [6.45, 7) is 5.51. The molecule has 0 amide bonds. The maximum Gasteiger partial charge on any atom is 0.252 e. The molecule has 0 aliphatic carbocycles. The fourth-order valence-corrected chi connectivity index (χ4v) is 3.13. The highest BCUT2D eigenvalue weighted by atomic mass is 16.1. The van der Waals surface area contributed by atoms with E-state index in [2.05, 4.69) is 23.2 Å². The van der Waals surface area contributed by atoms with E-state index in [-0.39, 0.29) is 5.56 Å². The summed E-state index contributed by atoms with van der Waals surface area (Å²) in [5, 5.41) is 4.58. The van der Waals surface area contributed by atoms with Gasteiger partial charge in [-0.2, -0.15) is 0 Å². The van der Waals surface area contributed by atoms with Crippen molar-refractivity contribution in [2.75, 3.05) is 25.0 Å². The lowest BCUT2D eigenvalue weighted by Gasteiger charge is -2.24. The van der Waals surface area contributed by atoms with Crippen LogP contribution >= 0.6 is 0 Å². The van der Waals surface area contributed by atoms with E-state index in [4.69, 9.17) is 0 Å². The van der Waals surface area contributed by atoms with Gasteiger partial charge in [0, 0.05) is 36.8 Å². The average molecular weight is 285 g/mol. The molecule has 0 bridgehead atoms. The van der Waals surface area contributed by atoms with Gasteiger partial charge in [0.05, 0.1) is 5.52 Å². The molecule has 4 heteroatoms. The number of hydrogen-bond acceptors (Lipinski definition) is 3. The highest BCUT2D eigenvalue weighted by Gasteiger charge is 2.18. The van der Waals surface area contributed by atoms with Crippen LogP contribution in [-0.2, 0) is 7.05 Å². The van der Waals surface area contributed by atoms with Gasteiger partial charge in [-0.3, -0.25) is 9.69 Å². The van der Waals surface area contributed by atoms with E-state index < -0.39 is 0 Å². The van der Waals surface area contributed by atoms with E-state index in [0.29, 0.717) is 6.04 Å². The molecule has 2 aromatic rings. The zero-order chi connectivity index (χ0) is 14.8. The highest BCUT2D eigenvalue weighted by molar-refractivity contribution is 5.91. The number of rotatable bonds is 4. The van der Waals surface area contributed by atoms with Gasteiger partial charge in [-0.1, -0.05) is 18.2 Å². The maximum absolute atomic E-state index is 12.1. The van der Waals surface area contributed by atoms with Crippen LogP contribution in [0.25, 0.3) is 10.9 Å². The first-order valence-electron chi connectivity index (χ1n) is 7.73. The third-order valence-electron chi connectivity index (χ3n) is 4.51. The normalized spacial score (nSPS) is 17.2. The molecule has 0 spiro atoms. The Balaban J connectivity index is 1.83. The van der Waals surface area contributed by atoms with Crippen LogP contribution in [0.2, 0.25) is 0 Å². The molecule has 1 aromatic carbocycles. The van der Waals surface area contributed by atoms with E-state index in [1.807, 2.05) is 25.2 Å². The minimum Gasteiger partial charge on any atom is -0.383 e. The number of hydrogen-bond donors (Lipinski definition) is 1. The van der Waals surface area contributed by atoms with Gasteiger partial charge in [0.15, 0.2) is 0 Å². The van der Waals surface area contributed by atoms with Crippen molar-refractivity contribution in [3.63, 3.8) is 0 Å². The third-order valence-corrected chi connectivity index (χ3v) is 4.51. The van der Waals surface area contributed by atoms with Crippen molar-refractivity contribution in [1.82, 2.24) is 9.47 Å². The van der Waals surface area contributed by atoms with E-state index >= 15 is 0 Å². The van der Waals surface area contributed by atoms with Gasteiger partial charge in [0.25, 0.3) is 5.56 Å². The Morgan fingerprint density at radius 3 is 2.71 bits per heavy atom. The Morgan fingerprint density at radius 2 is 1.95 bits per heavy atom. The van der Waals surface area contributed by atoms with Gasteiger partial charge >= 0.3 is 0 Å². The summed E-state index contributed by atoms with van der Waals surface area (Å²) in [5.41, 5.74) is 1.95. The van der Waals surface area contributed by atoms with E-state index in [1.165, 1.54) is 25.9 Å². The number of para-hydroxylation sites is 1. The van der Waals surface area contributed by atoms with Gasteiger partial charge in [0.1, 0.15) is 0 Å². The van der Waals surface area contributed by atoms with Crippen LogP contribution in [0.5, 0.6) is 0 Å². The summed E-state index contributed by atoms with van der Waals surface area (Å²) < 4.78 is 1.70. The van der Waals surface area contributed by atoms with Crippen molar-refractivity contribution in [1.29, 1.82) is 0 Å². The minimum absolute atomic E-state index is 0.0324. The van der Waals surface area contributed by atoms with Crippen molar-refractivity contribution in [3.05, 3.63) is 40.7 Å². The second-order valence-corrected chi connectivity index (χ2v) is 5.95. The van der Waals surface area contributed by atoms with Crippen molar-refractivity contribution < 1.29 is 0 Å². The molecule has 0 saturated carbocycles. The summed E-state index contributed by atoms with van der Waals surface area (Å²) >= 11 is 0. The van der Waals surface area contributed by atoms with Gasteiger partial charge in [-0.05, 0) is 38.9 Å². The Hall–Kier alpha value is -1.81. The van der Waals surface area contributed by atoms with E-state index in [1.54, 1.807) is 10.6 Å². The molecule has 1 saturated heterocycles. The molecule has 4 nitrogen and oxygen atoms in total. The average Bonchev–Trinajstić information content (AvgIpc) is 3.03. The second kappa shape index (κ2) is 5.90. The first kappa shape index (κ1) is 14.1. The largest absolute Gasteiger partial charge is 0.383 e. The van der Waals surface area contributed by atoms with Crippen LogP contribution in [-0.4, -0.2) is 35.1 Å². The van der Waals surface area contributed by atoms with Gasteiger partial charge in [-0.25, -0.2) is 0 Å². The van der Waals surface area contributed by atoms with E-state index in [9.17, 15) is 4.79 Å². The number of pyridine rings is 1. The van der Waals surface area contributed by atoms with Gasteiger partial charge < -0.3 is 9.88 Å². The van der Waals surface area contributed by atoms with Crippen LogP contribution in [0.15, 0.2) is 35.1 Å². The summed E-state index contributed by atoms with van der Waals surface area (Å²) in [4.78, 5) is 14.6. The Labute approximate surface area is 125 Å². The van der Waals surface area contributed by atoms with Crippen molar-refractivity contribution >= 4 is 16.6 Å². The first-order valence-corrected chi connectivity index (χ1v) is 7.73. The molecule has 0 radical (unpaired) electrons. The Bertz CT molecular complexity index is 686. The molecular weight excluding hydrogens is 262 g/mol. The second-order valence-electron chi connectivity index (χ2n) is 5.95. The predicted octanol–water partition coefficient (Wildman–Crippen LogP) is 2.43. The smallest absolute Gasteiger partial charge is 0.252 e. The van der Waals surface area contributed by atoms with Crippen LogP contribution in [0, 0.1) is 0 Å². The molecule has 1 aromatic heterocycles. The molecule has 21 heavy (non-hydrogen) atoms. The molecule has 1 atom stereocenters. The Kier molecular flexibility index (Phi) is 3.97. The summed E-state index contributed by atoms with van der Waals surface area (Å²) in [5.74, 6) is 0. The molecule has 1 unspecified atom stereocenters. The maximum atomic E-state index is 12.1. The number of fused-ring (bicyclic) bond motifs is 1. The van der Waals surface area contributed by atoms with Crippen molar-refractivity contribution in [2.24, 2.45) is 7.05 Å². The van der Waals surface area contributed by atoms with Crippen LogP contribution in [0.1, 0.15) is 19.8 Å². The molecule has 112 valence electrons. The molecule has 1 aliphatic rings. The quantitative estimate of drug-likeness (QED) is 0.937. The Morgan fingerprint density at radius 1 is 1.24 bits per heavy atom. The molecule has 2 heterocycles. The van der Waals surface area contributed by atoms with Gasteiger partial charge in [0.2, 0.25) is 0 Å². The first-order chi connectivity index (χ1) is 10.2. The highest BCUT2D eigenvalue weighted by Crippen LogP contribution is 2.21. The number of likely N-dealkylation sites (tertiary alicyclic amines) is 1. The van der Waals surface area contributed by atoms with Crippen molar-refractivity contribution in [2.45, 2.75) is 25.8 Å². The van der Waals surface area contributed by atoms with Crippen LogP contribution in [0.3, 0.4) is 0 Å². The molecule has 1 fully saturated rings. The summed E-state index contributed by atoms with van der Waals surface area (Å²) in [6.07, 6.45) is 2.61. The number of nitrogens with one attached hydrogen (secondary N) is 1. The standard InChI is InChI=1S/C17H23N3O/c1-13(20-9-5-6-10-20)12-18-15-11-17(21)19(2)16-8-4-3-7-14(15)16/h3-4,7-8,11,13,18H,5-6,9-10,12H2,1-2H3. The lowest BCUT2D eigenvalue weighted by molar-refractivity contribution is 0.269.